The smallest absolute Gasteiger partial charge is 0.273 e. The number of rotatable bonds is 6. The first-order valence-corrected chi connectivity index (χ1v) is 8.67. The molecule has 1 heterocycles. The Bertz CT molecular complexity index is 997. The van der Waals surface area contributed by atoms with E-state index in [0.717, 1.165) is 0 Å². The largest absolute Gasteiger partial charge is 0.368 e. The molecule has 3 N–H and O–H groups in total. The molecule has 3 rings (SSSR count). The summed E-state index contributed by atoms with van der Waals surface area (Å²) >= 11 is 0. The number of halogens is 1. The zero-order valence-electron chi connectivity index (χ0n) is 15.1. The topological polar surface area (TPSA) is 90.0 Å². The van der Waals surface area contributed by atoms with Crippen LogP contribution in [-0.4, -0.2) is 27.6 Å². The van der Waals surface area contributed by atoms with Gasteiger partial charge in [0.2, 0.25) is 5.91 Å². The van der Waals surface area contributed by atoms with Crippen LogP contribution in [0.5, 0.6) is 0 Å². The number of carbonyl (C=O) groups excluding carboxylic acids is 2. The third kappa shape index (κ3) is 3.81. The van der Waals surface area contributed by atoms with Gasteiger partial charge in [0.1, 0.15) is 11.9 Å². The molecule has 0 aliphatic heterocycles. The van der Waals surface area contributed by atoms with E-state index in [1.54, 1.807) is 48.9 Å². The second kappa shape index (κ2) is 7.57. The number of hydrogen-bond donors (Lipinski definition) is 2. The summed E-state index contributed by atoms with van der Waals surface area (Å²) in [6.07, 6.45) is 0. The maximum absolute atomic E-state index is 14.0. The lowest BCUT2D eigenvalue weighted by Crippen LogP contribution is -2.47. The summed E-state index contributed by atoms with van der Waals surface area (Å²) in [6.45, 7) is 3.78. The standard InChI is InChI=1S/C20H21FN4O2/c1-12(2)17(19(22)26)23-20(27)18-14-8-4-6-10-16(14)25(24-18)11-13-7-3-5-9-15(13)21/h3-10,12,17H,11H2,1-2H3,(H2,22,26)(H,23,27). The summed E-state index contributed by atoms with van der Waals surface area (Å²) in [6, 6.07) is 12.8. The number of nitrogens with two attached hydrogens (primary N) is 1. The molecule has 6 nitrogen and oxygen atoms in total. The van der Waals surface area contributed by atoms with E-state index in [0.29, 0.717) is 16.5 Å². The molecule has 0 aliphatic rings. The Labute approximate surface area is 156 Å². The molecule has 0 spiro atoms. The highest BCUT2D eigenvalue weighted by Gasteiger charge is 2.25. The molecular weight excluding hydrogens is 347 g/mol. The first-order valence-electron chi connectivity index (χ1n) is 8.67. The van der Waals surface area contributed by atoms with Gasteiger partial charge in [0.05, 0.1) is 12.1 Å². The number of carbonyl (C=O) groups is 2. The summed E-state index contributed by atoms with van der Waals surface area (Å²) in [4.78, 5) is 24.3. The van der Waals surface area contributed by atoms with Crippen molar-refractivity contribution in [1.82, 2.24) is 15.1 Å². The average Bonchev–Trinajstić information content (AvgIpc) is 3.00. The predicted molar refractivity (Wildman–Crippen MR) is 101 cm³/mol. The van der Waals surface area contributed by atoms with Crippen LogP contribution in [-0.2, 0) is 11.3 Å². The van der Waals surface area contributed by atoms with E-state index in [2.05, 4.69) is 10.4 Å². The minimum Gasteiger partial charge on any atom is -0.368 e. The first kappa shape index (κ1) is 18.6. The minimum absolute atomic E-state index is 0.154. The van der Waals surface area contributed by atoms with Crippen molar-refractivity contribution in [3.05, 3.63) is 65.6 Å². The van der Waals surface area contributed by atoms with Crippen molar-refractivity contribution < 1.29 is 14.0 Å². The van der Waals surface area contributed by atoms with Crippen LogP contribution in [0.3, 0.4) is 0 Å². The van der Waals surface area contributed by atoms with Gasteiger partial charge in [0.15, 0.2) is 5.69 Å². The average molecular weight is 368 g/mol. The molecule has 0 radical (unpaired) electrons. The van der Waals surface area contributed by atoms with Gasteiger partial charge in [-0.1, -0.05) is 50.2 Å². The second-order valence-electron chi connectivity index (χ2n) is 6.71. The number of primary amides is 1. The monoisotopic (exact) mass is 368 g/mol. The molecular formula is C20H21FN4O2. The van der Waals surface area contributed by atoms with Gasteiger partial charge in [0, 0.05) is 10.9 Å². The number of hydrogen-bond acceptors (Lipinski definition) is 3. The fraction of sp³-hybridized carbons (Fsp3) is 0.250. The van der Waals surface area contributed by atoms with Gasteiger partial charge in [-0.2, -0.15) is 5.10 Å². The molecule has 2 amide bonds. The number of para-hydroxylation sites is 1. The first-order chi connectivity index (χ1) is 12.9. The molecule has 0 saturated heterocycles. The maximum Gasteiger partial charge on any atom is 0.273 e. The van der Waals surface area contributed by atoms with Gasteiger partial charge in [-0.15, -0.1) is 0 Å². The number of nitrogens with zero attached hydrogens (tertiary/aromatic N) is 2. The third-order valence-corrected chi connectivity index (χ3v) is 4.41. The van der Waals surface area contributed by atoms with E-state index < -0.39 is 17.9 Å². The molecule has 27 heavy (non-hydrogen) atoms. The number of fused-ring (bicyclic) bond motifs is 1. The van der Waals surface area contributed by atoms with Crippen molar-refractivity contribution >= 4 is 22.7 Å². The van der Waals surface area contributed by atoms with E-state index in [1.165, 1.54) is 6.07 Å². The molecule has 2 aromatic carbocycles. The van der Waals surface area contributed by atoms with Crippen LogP contribution in [0.2, 0.25) is 0 Å². The van der Waals surface area contributed by atoms with Crippen molar-refractivity contribution in [2.75, 3.05) is 0 Å². The van der Waals surface area contributed by atoms with Crippen LogP contribution in [0, 0.1) is 11.7 Å². The molecule has 0 fully saturated rings. The van der Waals surface area contributed by atoms with Crippen molar-refractivity contribution in [3.8, 4) is 0 Å². The van der Waals surface area contributed by atoms with Crippen LogP contribution in [0.1, 0.15) is 29.9 Å². The summed E-state index contributed by atoms with van der Waals surface area (Å²) in [5.74, 6) is -1.58. The quantitative estimate of drug-likeness (QED) is 0.700. The fourth-order valence-corrected chi connectivity index (χ4v) is 2.98. The molecule has 1 atom stereocenters. The number of aromatic nitrogens is 2. The van der Waals surface area contributed by atoms with Crippen LogP contribution in [0.25, 0.3) is 10.9 Å². The lowest BCUT2D eigenvalue weighted by molar-refractivity contribution is -0.120. The fourth-order valence-electron chi connectivity index (χ4n) is 2.98. The van der Waals surface area contributed by atoms with Crippen LogP contribution in [0.4, 0.5) is 4.39 Å². The molecule has 0 bridgehead atoms. The molecule has 7 heteroatoms. The summed E-state index contributed by atoms with van der Waals surface area (Å²) in [7, 11) is 0. The van der Waals surface area contributed by atoms with Gasteiger partial charge in [0.25, 0.3) is 5.91 Å². The van der Waals surface area contributed by atoms with Crippen molar-refractivity contribution in [2.24, 2.45) is 11.7 Å². The Morgan fingerprint density at radius 3 is 2.48 bits per heavy atom. The lowest BCUT2D eigenvalue weighted by atomic mass is 10.0. The number of nitrogens with one attached hydrogen (secondary N) is 1. The normalized spacial score (nSPS) is 12.3. The van der Waals surface area contributed by atoms with Crippen LogP contribution in [0.15, 0.2) is 48.5 Å². The SMILES string of the molecule is CC(C)C(NC(=O)c1nn(Cc2ccccc2F)c2ccccc12)C(N)=O. The second-order valence-corrected chi connectivity index (χ2v) is 6.71. The predicted octanol–water partition coefficient (Wildman–Crippen LogP) is 2.46. The lowest BCUT2D eigenvalue weighted by Gasteiger charge is -2.18. The molecule has 1 unspecified atom stereocenters. The Morgan fingerprint density at radius 2 is 1.81 bits per heavy atom. The Hall–Kier alpha value is -3.22. The van der Waals surface area contributed by atoms with Crippen molar-refractivity contribution in [2.45, 2.75) is 26.4 Å². The Balaban J connectivity index is 1.98. The molecule has 140 valence electrons. The summed E-state index contributed by atoms with van der Waals surface area (Å²) in [5, 5.41) is 7.66. The summed E-state index contributed by atoms with van der Waals surface area (Å²) < 4.78 is 15.6. The van der Waals surface area contributed by atoms with Crippen LogP contribution < -0.4 is 11.1 Å². The van der Waals surface area contributed by atoms with E-state index in [9.17, 15) is 14.0 Å². The molecule has 3 aromatic rings. The van der Waals surface area contributed by atoms with E-state index in [4.69, 9.17) is 5.73 Å². The molecule has 1 aromatic heterocycles. The van der Waals surface area contributed by atoms with Gasteiger partial charge < -0.3 is 11.1 Å². The van der Waals surface area contributed by atoms with E-state index >= 15 is 0 Å². The van der Waals surface area contributed by atoms with E-state index in [-0.39, 0.29) is 24.0 Å². The highest BCUT2D eigenvalue weighted by Crippen LogP contribution is 2.21. The van der Waals surface area contributed by atoms with Gasteiger partial charge in [-0.05, 0) is 18.1 Å². The molecule has 0 saturated carbocycles. The van der Waals surface area contributed by atoms with Crippen molar-refractivity contribution in [3.63, 3.8) is 0 Å². The highest BCUT2D eigenvalue weighted by molar-refractivity contribution is 6.06. The van der Waals surface area contributed by atoms with Crippen molar-refractivity contribution in [1.29, 1.82) is 0 Å². The third-order valence-electron chi connectivity index (χ3n) is 4.41. The number of benzene rings is 2. The highest BCUT2D eigenvalue weighted by atomic mass is 19.1. The van der Waals surface area contributed by atoms with Gasteiger partial charge >= 0.3 is 0 Å². The molecule has 0 aliphatic carbocycles. The maximum atomic E-state index is 14.0. The summed E-state index contributed by atoms with van der Waals surface area (Å²) in [5.41, 5.74) is 6.72. The van der Waals surface area contributed by atoms with E-state index in [1.807, 2.05) is 12.1 Å². The number of amides is 2. The van der Waals surface area contributed by atoms with Gasteiger partial charge in [-0.25, -0.2) is 4.39 Å². The Morgan fingerprint density at radius 1 is 1.15 bits per heavy atom. The van der Waals surface area contributed by atoms with Crippen LogP contribution >= 0.6 is 0 Å². The minimum atomic E-state index is -0.798. The zero-order valence-corrected chi connectivity index (χ0v) is 15.1. The van der Waals surface area contributed by atoms with Gasteiger partial charge in [-0.3, -0.25) is 14.3 Å². The Kier molecular flexibility index (Phi) is 5.21. The zero-order chi connectivity index (χ0) is 19.6.